The van der Waals surface area contributed by atoms with Crippen LogP contribution in [0.25, 0.3) is 53.9 Å². The molecule has 0 spiro atoms. The van der Waals surface area contributed by atoms with Gasteiger partial charge in [-0.1, -0.05) is 347 Å². The summed E-state index contributed by atoms with van der Waals surface area (Å²) in [6.07, 6.45) is 10.2. The van der Waals surface area contributed by atoms with Crippen molar-refractivity contribution in [3.05, 3.63) is 235 Å². The molecule has 0 atom stereocenters. The topological polar surface area (TPSA) is 124 Å². The van der Waals surface area contributed by atoms with Crippen molar-refractivity contribution in [1.82, 2.24) is 0 Å². The molecule has 0 radical (unpaired) electrons. The van der Waals surface area contributed by atoms with Gasteiger partial charge in [0.25, 0.3) is 0 Å². The normalized spacial score (nSPS) is 10.3. The van der Waals surface area contributed by atoms with Crippen molar-refractivity contribution < 1.29 is 0 Å². The lowest BCUT2D eigenvalue weighted by atomic mass is 9.92. The van der Waals surface area contributed by atoms with Gasteiger partial charge in [-0.3, -0.25) is 0 Å². The summed E-state index contributed by atoms with van der Waals surface area (Å²) in [4.78, 5) is 0. The van der Waals surface area contributed by atoms with Gasteiger partial charge >= 0.3 is 0 Å². The molecule has 630 valence electrons. The van der Waals surface area contributed by atoms with Crippen molar-refractivity contribution in [2.24, 2.45) is 51.0 Å². The van der Waals surface area contributed by atoms with Crippen LogP contribution in [0, 0.1) is 0 Å². The maximum atomic E-state index is 4.13. The van der Waals surface area contributed by atoms with Crippen LogP contribution in [0.5, 0.6) is 0 Å². The Kier molecular flexibility index (Phi) is 70.0. The highest BCUT2D eigenvalue weighted by Gasteiger charge is 2.15. The second-order valence-electron chi connectivity index (χ2n) is 23.4. The van der Waals surface area contributed by atoms with Gasteiger partial charge in [-0.25, -0.2) is 0 Å². The Morgan fingerprint density at radius 2 is 0.496 bits per heavy atom. The third kappa shape index (κ3) is 35.5. The predicted molar refractivity (Wildman–Crippen MR) is 536 cm³/mol. The minimum Gasteiger partial charge on any atom is -0.167 e. The summed E-state index contributed by atoms with van der Waals surface area (Å²) in [5.41, 5.74) is 24.0. The Morgan fingerprint density at radius 1 is 0.217 bits per heavy atom. The zero-order valence-electron chi connectivity index (χ0n) is 79.5. The van der Waals surface area contributed by atoms with Crippen LogP contribution in [0.1, 0.15) is 326 Å². The van der Waals surface area contributed by atoms with Crippen molar-refractivity contribution in [1.29, 1.82) is 0 Å². The van der Waals surface area contributed by atoms with E-state index in [0.29, 0.717) is 0 Å². The maximum absolute atomic E-state index is 4.13. The molecule has 115 heavy (non-hydrogen) atoms. The van der Waals surface area contributed by atoms with Crippen LogP contribution >= 0.6 is 0 Å². The van der Waals surface area contributed by atoms with Crippen molar-refractivity contribution in [3.63, 3.8) is 0 Å². The summed E-state index contributed by atoms with van der Waals surface area (Å²) in [6.45, 7) is 88.9. The number of hydrogen-bond acceptors (Lipinski definition) is 10. The summed E-state index contributed by atoms with van der Waals surface area (Å²) in [7, 11) is 0. The molecule has 0 aliphatic rings. The molecule has 0 aromatic heterocycles. The molecule has 0 saturated heterocycles. The molecule has 0 amide bonds. The molecule has 0 N–H and O–H groups in total. The minimum absolute atomic E-state index is 0.927. The SMILES string of the molecule is C=N/N=C(/C)c1cc2cc(CC)ccc2cc1CC.C=N/N=C(/C)c1cc2cc(CC)ccc2cc1CC.C=N/N=C(\C)c1c(CC)ccc2cc(CC)ccc12.C=N/N=C(\C)c1ccc2c(CC)cccc2c1CC.C=N/N=C(\C)c1ccc2c(CC)cccc2c1CC.CC.CC.CC.CC.CC.CC.CC.CC.CC.CC. The van der Waals surface area contributed by atoms with Crippen molar-refractivity contribution >= 4 is 116 Å². The fourth-order valence-electron chi connectivity index (χ4n) is 12.7. The van der Waals surface area contributed by atoms with Gasteiger partial charge < -0.3 is 0 Å². The first-order valence-corrected chi connectivity index (χ1v) is 43.8. The molecule has 0 heterocycles. The molecule has 0 unspecified atom stereocenters. The zero-order chi connectivity index (χ0) is 89.1. The highest BCUT2D eigenvalue weighted by Crippen LogP contribution is 2.31. The maximum Gasteiger partial charge on any atom is 0.0680 e. The third-order valence-corrected chi connectivity index (χ3v) is 17.8. The Morgan fingerprint density at radius 3 is 0.791 bits per heavy atom. The second kappa shape index (κ2) is 70.8. The van der Waals surface area contributed by atoms with Gasteiger partial charge in [-0.05, 0) is 220 Å². The van der Waals surface area contributed by atoms with Crippen LogP contribution in [-0.4, -0.2) is 62.1 Å². The summed E-state index contributed by atoms with van der Waals surface area (Å²) < 4.78 is 0. The van der Waals surface area contributed by atoms with E-state index in [0.717, 1.165) is 92.8 Å². The van der Waals surface area contributed by atoms with Crippen molar-refractivity contribution in [3.8, 4) is 0 Å². The third-order valence-electron chi connectivity index (χ3n) is 17.8. The van der Waals surface area contributed by atoms with E-state index in [9.17, 15) is 0 Å². The van der Waals surface area contributed by atoms with Crippen LogP contribution < -0.4 is 0 Å². The highest BCUT2D eigenvalue weighted by molar-refractivity contribution is 6.12. The fourth-order valence-corrected chi connectivity index (χ4v) is 12.7. The Hall–Kier alpha value is -9.80. The van der Waals surface area contributed by atoms with E-state index in [4.69, 9.17) is 0 Å². The summed E-state index contributed by atoms with van der Waals surface area (Å²) in [6, 6.07) is 55.1. The van der Waals surface area contributed by atoms with E-state index in [1.165, 1.54) is 137 Å². The van der Waals surface area contributed by atoms with E-state index in [1.54, 1.807) is 0 Å². The molecule has 10 heteroatoms. The fraction of sp³-hybridized carbons (Fsp3) is 0.429. The van der Waals surface area contributed by atoms with E-state index < -0.39 is 0 Å². The molecule has 10 aromatic carbocycles. The second-order valence-corrected chi connectivity index (χ2v) is 23.4. The van der Waals surface area contributed by atoms with Gasteiger partial charge in [0.1, 0.15) is 0 Å². The van der Waals surface area contributed by atoms with E-state index in [1.807, 2.05) is 173 Å². The Labute approximate surface area is 704 Å². The average molecular weight is 1560 g/mol. The molecule has 0 fully saturated rings. The Balaban J connectivity index is -0.000000414. The highest BCUT2D eigenvalue weighted by atomic mass is 15.2. The van der Waals surface area contributed by atoms with E-state index >= 15 is 0 Å². The molecule has 0 bridgehead atoms. The molecular weight excluding hydrogens is 1400 g/mol. The molecule has 0 aliphatic carbocycles. The lowest BCUT2D eigenvalue weighted by Gasteiger charge is -2.13. The molecular formula is C105H160N10. The predicted octanol–water partition coefficient (Wildman–Crippen LogP) is 32.2. The average Bonchev–Trinajstić information content (AvgIpc) is 0.798. The Bertz CT molecular complexity index is 4240. The summed E-state index contributed by atoms with van der Waals surface area (Å²) in [5.74, 6) is 0. The first kappa shape index (κ1) is 114. The van der Waals surface area contributed by atoms with Crippen molar-refractivity contribution in [2.75, 3.05) is 0 Å². The van der Waals surface area contributed by atoms with Gasteiger partial charge in [0.05, 0.1) is 28.6 Å². The quantitative estimate of drug-likeness (QED) is 0.0533. The van der Waals surface area contributed by atoms with Crippen LogP contribution in [0.3, 0.4) is 0 Å². The molecule has 0 saturated carbocycles. The molecule has 10 aromatic rings. The van der Waals surface area contributed by atoms with Gasteiger partial charge in [-0.15, -0.1) is 0 Å². The van der Waals surface area contributed by atoms with Crippen LogP contribution in [-0.2, 0) is 64.2 Å². The minimum atomic E-state index is 0.927. The lowest BCUT2D eigenvalue weighted by molar-refractivity contribution is 1.13. The number of nitrogens with zero attached hydrogens (tertiary/aromatic N) is 10. The first-order chi connectivity index (χ1) is 56.0. The van der Waals surface area contributed by atoms with Crippen LogP contribution in [0.4, 0.5) is 0 Å². The van der Waals surface area contributed by atoms with Crippen molar-refractivity contribution in [2.45, 2.75) is 307 Å². The van der Waals surface area contributed by atoms with E-state index in [2.05, 4.69) is 305 Å². The first-order valence-electron chi connectivity index (χ1n) is 43.8. The van der Waals surface area contributed by atoms with Gasteiger partial charge in [0, 0.05) is 61.4 Å². The van der Waals surface area contributed by atoms with Gasteiger partial charge in [0.2, 0.25) is 0 Å². The number of hydrogen-bond donors (Lipinski definition) is 0. The molecule has 0 aliphatic heterocycles. The molecule has 10 rings (SSSR count). The van der Waals surface area contributed by atoms with Gasteiger partial charge in [-0.2, -0.15) is 51.0 Å². The lowest BCUT2D eigenvalue weighted by Crippen LogP contribution is -2.01. The molecule has 10 nitrogen and oxygen atoms in total. The largest absolute Gasteiger partial charge is 0.167 e. The number of fused-ring (bicyclic) bond motifs is 5. The monoisotopic (exact) mass is 1560 g/mol. The van der Waals surface area contributed by atoms with Crippen LogP contribution in [0.2, 0.25) is 0 Å². The smallest absolute Gasteiger partial charge is 0.0680 e. The standard InChI is InChI=1S/5C17H20N2.10C2H6/c1-5-13-7-10-16-15(11-13)9-8-14(6-2)17(16)12(3)19-18-4;2*1-5-13-7-8-15-10-14(6-2)17(11-16(15)9-13)12(3)19-18-4;2*1-5-13-8-7-9-17-14(6-2)15(10-11-16(13)17)12(3)19-18-4;10*1-2/h5*7-11H,4-6H2,1-3H3;10*1-2H3/b19-12+;2*19-12-;2*19-12+;;;;;;;;;;. The summed E-state index contributed by atoms with van der Waals surface area (Å²) in [5, 5.41) is 51.7. The van der Waals surface area contributed by atoms with E-state index in [-0.39, 0.29) is 0 Å². The number of benzene rings is 10. The zero-order valence-corrected chi connectivity index (χ0v) is 79.5. The number of aryl methyl sites for hydroxylation is 10. The number of rotatable bonds is 20. The van der Waals surface area contributed by atoms with Crippen LogP contribution in [0.15, 0.2) is 203 Å². The summed E-state index contributed by atoms with van der Waals surface area (Å²) >= 11 is 0. The van der Waals surface area contributed by atoms with Gasteiger partial charge in [0.15, 0.2) is 0 Å².